The van der Waals surface area contributed by atoms with Crippen LogP contribution in [0.4, 0.5) is 15.9 Å². The van der Waals surface area contributed by atoms with Gasteiger partial charge in [0.05, 0.1) is 11.2 Å². The Labute approximate surface area is 140 Å². The second-order valence-electron chi connectivity index (χ2n) is 6.10. The Balaban J connectivity index is 1.47. The van der Waals surface area contributed by atoms with Crippen LogP contribution in [0.2, 0.25) is 0 Å². The normalized spacial score (nSPS) is 15.6. The fourth-order valence-corrected chi connectivity index (χ4v) is 3.28. The van der Waals surface area contributed by atoms with Crippen LogP contribution in [0, 0.1) is 5.82 Å². The average molecular weight is 322 g/mol. The number of hydrogen-bond acceptors (Lipinski definition) is 4. The summed E-state index contributed by atoms with van der Waals surface area (Å²) in [6.45, 7) is 1.79. The number of aromatic nitrogens is 2. The van der Waals surface area contributed by atoms with Crippen molar-refractivity contribution in [3.8, 4) is 0 Å². The van der Waals surface area contributed by atoms with Crippen molar-refractivity contribution in [1.82, 2.24) is 9.97 Å². The molecule has 5 heteroatoms. The summed E-state index contributed by atoms with van der Waals surface area (Å²) < 4.78 is 13.8. The smallest absolute Gasteiger partial charge is 0.146 e. The van der Waals surface area contributed by atoms with Crippen molar-refractivity contribution in [3.05, 3.63) is 60.7 Å². The van der Waals surface area contributed by atoms with Crippen LogP contribution in [0.5, 0.6) is 0 Å². The molecule has 1 fully saturated rings. The van der Waals surface area contributed by atoms with Gasteiger partial charge >= 0.3 is 0 Å². The molecule has 0 spiro atoms. The third-order valence-electron chi connectivity index (χ3n) is 4.55. The van der Waals surface area contributed by atoms with E-state index in [0.29, 0.717) is 5.69 Å². The van der Waals surface area contributed by atoms with Crippen LogP contribution in [-0.4, -0.2) is 29.1 Å². The summed E-state index contributed by atoms with van der Waals surface area (Å²) in [6.07, 6.45) is 3.53. The lowest BCUT2D eigenvalue weighted by Gasteiger charge is -2.34. The highest BCUT2D eigenvalue weighted by Crippen LogP contribution is 2.26. The van der Waals surface area contributed by atoms with Gasteiger partial charge in [-0.1, -0.05) is 24.3 Å². The molecule has 0 saturated carbocycles. The molecule has 1 saturated heterocycles. The molecule has 0 radical (unpaired) electrons. The highest BCUT2D eigenvalue weighted by molar-refractivity contribution is 5.89. The van der Waals surface area contributed by atoms with Crippen molar-refractivity contribution in [2.24, 2.45) is 0 Å². The Bertz CT molecular complexity index is 838. The van der Waals surface area contributed by atoms with Gasteiger partial charge in [0.1, 0.15) is 18.0 Å². The molecule has 3 aromatic rings. The number of nitrogens with zero attached hydrogens (tertiary/aromatic N) is 3. The number of benzene rings is 2. The molecule has 0 amide bonds. The first kappa shape index (κ1) is 14.9. The van der Waals surface area contributed by atoms with Crippen molar-refractivity contribution in [3.63, 3.8) is 0 Å². The molecule has 0 aliphatic carbocycles. The molecule has 0 unspecified atom stereocenters. The van der Waals surface area contributed by atoms with E-state index in [1.54, 1.807) is 18.5 Å². The van der Waals surface area contributed by atoms with Gasteiger partial charge in [-0.2, -0.15) is 0 Å². The summed E-state index contributed by atoms with van der Waals surface area (Å²) in [6, 6.07) is 15.2. The Morgan fingerprint density at radius 3 is 2.54 bits per heavy atom. The Morgan fingerprint density at radius 2 is 1.71 bits per heavy atom. The molecule has 122 valence electrons. The number of anilines is 2. The van der Waals surface area contributed by atoms with Crippen LogP contribution in [0.1, 0.15) is 12.8 Å². The van der Waals surface area contributed by atoms with Gasteiger partial charge in [0.2, 0.25) is 0 Å². The largest absolute Gasteiger partial charge is 0.380 e. The fourth-order valence-electron chi connectivity index (χ4n) is 3.28. The average Bonchev–Trinajstić information content (AvgIpc) is 2.64. The van der Waals surface area contributed by atoms with Gasteiger partial charge in [-0.15, -0.1) is 0 Å². The van der Waals surface area contributed by atoms with E-state index < -0.39 is 0 Å². The molecular weight excluding hydrogens is 303 g/mol. The van der Waals surface area contributed by atoms with Crippen LogP contribution in [0.15, 0.2) is 54.9 Å². The second kappa shape index (κ2) is 6.43. The summed E-state index contributed by atoms with van der Waals surface area (Å²) >= 11 is 0. The topological polar surface area (TPSA) is 41.0 Å². The maximum Gasteiger partial charge on any atom is 0.146 e. The molecule has 2 heterocycles. The number of fused-ring (bicyclic) bond motifs is 1. The minimum Gasteiger partial charge on any atom is -0.380 e. The minimum atomic E-state index is -0.193. The van der Waals surface area contributed by atoms with E-state index in [0.717, 1.165) is 42.7 Å². The van der Waals surface area contributed by atoms with Crippen LogP contribution < -0.4 is 10.2 Å². The van der Waals surface area contributed by atoms with E-state index in [9.17, 15) is 4.39 Å². The van der Waals surface area contributed by atoms with Gasteiger partial charge in [0, 0.05) is 24.5 Å². The van der Waals surface area contributed by atoms with Crippen molar-refractivity contribution < 1.29 is 4.39 Å². The zero-order chi connectivity index (χ0) is 16.4. The predicted octanol–water partition coefficient (Wildman–Crippen LogP) is 3.85. The van der Waals surface area contributed by atoms with Crippen molar-refractivity contribution >= 4 is 22.4 Å². The standard InChI is InChI=1S/C19H19FN4/c20-16-6-2-4-8-18(16)23-14-9-11-24(12-10-14)19-15-5-1-3-7-17(15)21-13-22-19/h1-8,13-14,23H,9-12H2. The zero-order valence-corrected chi connectivity index (χ0v) is 13.3. The summed E-state index contributed by atoms with van der Waals surface area (Å²) in [5, 5.41) is 4.41. The van der Waals surface area contributed by atoms with E-state index in [1.807, 2.05) is 24.3 Å². The summed E-state index contributed by atoms with van der Waals surface area (Å²) in [7, 11) is 0. The van der Waals surface area contributed by atoms with Gasteiger partial charge in [-0.3, -0.25) is 0 Å². The summed E-state index contributed by atoms with van der Waals surface area (Å²) in [4.78, 5) is 11.1. The first-order valence-electron chi connectivity index (χ1n) is 8.27. The second-order valence-corrected chi connectivity index (χ2v) is 6.10. The monoisotopic (exact) mass is 322 g/mol. The van der Waals surface area contributed by atoms with Crippen molar-refractivity contribution in [1.29, 1.82) is 0 Å². The molecule has 1 aliphatic rings. The van der Waals surface area contributed by atoms with Gasteiger partial charge in [-0.05, 0) is 37.1 Å². The molecule has 0 atom stereocenters. The highest BCUT2D eigenvalue weighted by Gasteiger charge is 2.22. The van der Waals surface area contributed by atoms with E-state index in [1.165, 1.54) is 6.07 Å². The van der Waals surface area contributed by atoms with Crippen LogP contribution >= 0.6 is 0 Å². The maximum atomic E-state index is 13.8. The molecule has 4 rings (SSSR count). The van der Waals surface area contributed by atoms with Gasteiger partial charge in [-0.25, -0.2) is 14.4 Å². The van der Waals surface area contributed by atoms with Crippen LogP contribution in [0.25, 0.3) is 10.9 Å². The summed E-state index contributed by atoms with van der Waals surface area (Å²) in [5.74, 6) is 0.798. The Hall–Kier alpha value is -2.69. The van der Waals surface area contributed by atoms with E-state index in [-0.39, 0.29) is 11.9 Å². The lowest BCUT2D eigenvalue weighted by molar-refractivity contribution is 0.520. The molecule has 2 aromatic carbocycles. The number of halogens is 1. The number of piperidine rings is 1. The van der Waals surface area contributed by atoms with E-state index >= 15 is 0 Å². The highest BCUT2D eigenvalue weighted by atomic mass is 19.1. The number of hydrogen-bond donors (Lipinski definition) is 1. The zero-order valence-electron chi connectivity index (χ0n) is 13.3. The van der Waals surface area contributed by atoms with Gasteiger partial charge < -0.3 is 10.2 Å². The summed E-state index contributed by atoms with van der Waals surface area (Å²) in [5.41, 5.74) is 1.55. The quantitative estimate of drug-likeness (QED) is 0.795. The molecule has 4 nitrogen and oxygen atoms in total. The SMILES string of the molecule is Fc1ccccc1NC1CCN(c2ncnc3ccccc23)CC1. The van der Waals surface area contributed by atoms with Crippen LogP contribution in [-0.2, 0) is 0 Å². The van der Waals surface area contributed by atoms with Gasteiger partial charge in [0.25, 0.3) is 0 Å². The Morgan fingerprint density at radius 1 is 0.958 bits per heavy atom. The number of rotatable bonds is 3. The lowest BCUT2D eigenvalue weighted by atomic mass is 10.0. The molecule has 24 heavy (non-hydrogen) atoms. The third kappa shape index (κ3) is 2.89. The lowest BCUT2D eigenvalue weighted by Crippen LogP contribution is -2.39. The molecule has 1 N–H and O–H groups in total. The molecule has 1 aromatic heterocycles. The predicted molar refractivity (Wildman–Crippen MR) is 94.8 cm³/mol. The first-order valence-corrected chi connectivity index (χ1v) is 8.27. The van der Waals surface area contributed by atoms with E-state index in [2.05, 4.69) is 26.3 Å². The van der Waals surface area contributed by atoms with Gasteiger partial charge in [0.15, 0.2) is 0 Å². The molecule has 0 bridgehead atoms. The van der Waals surface area contributed by atoms with E-state index in [4.69, 9.17) is 0 Å². The first-order chi connectivity index (χ1) is 11.8. The third-order valence-corrected chi connectivity index (χ3v) is 4.55. The number of nitrogens with one attached hydrogen (secondary N) is 1. The molecule has 1 aliphatic heterocycles. The van der Waals surface area contributed by atoms with Crippen LogP contribution in [0.3, 0.4) is 0 Å². The molecular formula is C19H19FN4. The minimum absolute atomic E-state index is 0.193. The van der Waals surface area contributed by atoms with Crippen molar-refractivity contribution in [2.45, 2.75) is 18.9 Å². The Kier molecular flexibility index (Phi) is 3.99. The fraction of sp³-hybridized carbons (Fsp3) is 0.263. The van der Waals surface area contributed by atoms with Crippen molar-refractivity contribution in [2.75, 3.05) is 23.3 Å². The maximum absolute atomic E-state index is 13.8. The number of para-hydroxylation sites is 2.